The van der Waals surface area contributed by atoms with Gasteiger partial charge in [0.05, 0.1) is 36.6 Å². The molecule has 164 valence electrons. The Morgan fingerprint density at radius 1 is 0.719 bits per heavy atom. The van der Waals surface area contributed by atoms with Gasteiger partial charge in [-0.25, -0.2) is 4.98 Å². The number of aromatic nitrogens is 2. The van der Waals surface area contributed by atoms with E-state index in [0.717, 1.165) is 43.4 Å². The molecular formula is C26H30N6. The van der Waals surface area contributed by atoms with Gasteiger partial charge < -0.3 is 20.9 Å². The zero-order valence-electron chi connectivity index (χ0n) is 18.3. The molecule has 3 aliphatic rings. The van der Waals surface area contributed by atoms with Gasteiger partial charge in [0.15, 0.2) is 0 Å². The summed E-state index contributed by atoms with van der Waals surface area (Å²) in [5, 5.41) is 10.7. The van der Waals surface area contributed by atoms with Gasteiger partial charge in [-0.3, -0.25) is 4.99 Å². The Hall–Kier alpha value is -2.96. The van der Waals surface area contributed by atoms with E-state index >= 15 is 0 Å². The summed E-state index contributed by atoms with van der Waals surface area (Å²) in [4.78, 5) is 12.8. The highest BCUT2D eigenvalue weighted by molar-refractivity contribution is 5.89. The Morgan fingerprint density at radius 3 is 2.06 bits per heavy atom. The van der Waals surface area contributed by atoms with E-state index in [9.17, 15) is 0 Å². The van der Waals surface area contributed by atoms with Crippen LogP contribution < -0.4 is 16.0 Å². The Morgan fingerprint density at radius 2 is 1.38 bits per heavy atom. The number of amidine groups is 1. The van der Waals surface area contributed by atoms with Gasteiger partial charge in [0.25, 0.3) is 0 Å². The Kier molecular flexibility index (Phi) is 5.25. The fraction of sp³-hybridized carbons (Fsp3) is 0.385. The summed E-state index contributed by atoms with van der Waals surface area (Å²) in [7, 11) is 0. The Balaban J connectivity index is 1.12. The molecule has 1 unspecified atom stereocenters. The molecule has 4 N–H and O–H groups in total. The van der Waals surface area contributed by atoms with Crippen LogP contribution in [0.4, 0.5) is 0 Å². The topological polar surface area (TPSA) is 77.1 Å². The third-order valence-corrected chi connectivity index (χ3v) is 6.98. The number of aromatic amines is 1. The molecule has 6 rings (SSSR count). The number of H-pyrrole nitrogens is 1. The van der Waals surface area contributed by atoms with E-state index in [0.29, 0.717) is 12.1 Å². The maximum absolute atomic E-state index is 4.75. The van der Waals surface area contributed by atoms with Crippen LogP contribution in [0.25, 0.3) is 22.4 Å². The number of aliphatic imine (C=N–C) groups is 1. The lowest BCUT2D eigenvalue weighted by Gasteiger charge is -2.16. The summed E-state index contributed by atoms with van der Waals surface area (Å²) in [6.07, 6.45) is 6.75. The SMILES string of the molecule is c1cc(-c2cnc([C@H]3CCCN3)[nH]2)ccc1-c1ccc(C2CN=C([C@H]3CCCN3)N2)cc1. The van der Waals surface area contributed by atoms with Crippen molar-refractivity contribution in [2.45, 2.75) is 43.8 Å². The number of benzene rings is 2. The minimum atomic E-state index is 0.285. The van der Waals surface area contributed by atoms with Crippen LogP contribution >= 0.6 is 0 Å². The van der Waals surface area contributed by atoms with Crippen LogP contribution in [0.2, 0.25) is 0 Å². The van der Waals surface area contributed by atoms with E-state index in [1.54, 1.807) is 0 Å². The summed E-state index contributed by atoms with van der Waals surface area (Å²) in [5.41, 5.74) is 6.01. The molecule has 2 fully saturated rings. The summed E-state index contributed by atoms with van der Waals surface area (Å²) in [5.74, 6) is 2.19. The average Bonchev–Trinajstić information content (AvgIpc) is 3.66. The van der Waals surface area contributed by atoms with Crippen molar-refractivity contribution in [3.05, 3.63) is 66.1 Å². The molecule has 2 aromatic carbocycles. The lowest BCUT2D eigenvalue weighted by Crippen LogP contribution is -2.38. The number of nitrogens with zero attached hydrogens (tertiary/aromatic N) is 2. The lowest BCUT2D eigenvalue weighted by molar-refractivity contribution is 0.613. The van der Waals surface area contributed by atoms with Crippen molar-refractivity contribution in [3.8, 4) is 22.4 Å². The average molecular weight is 427 g/mol. The highest BCUT2D eigenvalue weighted by atomic mass is 15.2. The Labute approximate surface area is 189 Å². The van der Waals surface area contributed by atoms with E-state index in [2.05, 4.69) is 74.4 Å². The molecule has 0 amide bonds. The molecule has 0 spiro atoms. The second-order valence-electron chi connectivity index (χ2n) is 9.10. The second kappa shape index (κ2) is 8.52. The molecule has 4 heterocycles. The predicted octanol–water partition coefficient (Wildman–Crippen LogP) is 3.96. The summed E-state index contributed by atoms with van der Waals surface area (Å²) >= 11 is 0. The first-order chi connectivity index (χ1) is 15.8. The van der Waals surface area contributed by atoms with Crippen LogP contribution in [0, 0.1) is 0 Å². The summed E-state index contributed by atoms with van der Waals surface area (Å²) in [6, 6.07) is 18.7. The molecule has 0 saturated carbocycles. The number of hydrogen-bond donors (Lipinski definition) is 4. The molecule has 32 heavy (non-hydrogen) atoms. The van der Waals surface area contributed by atoms with Gasteiger partial charge in [-0.2, -0.15) is 0 Å². The zero-order valence-corrected chi connectivity index (χ0v) is 18.3. The van der Waals surface area contributed by atoms with Crippen molar-refractivity contribution in [2.75, 3.05) is 19.6 Å². The monoisotopic (exact) mass is 426 g/mol. The fourth-order valence-corrected chi connectivity index (χ4v) is 5.11. The Bertz CT molecular complexity index is 1090. The van der Waals surface area contributed by atoms with Crippen molar-refractivity contribution < 1.29 is 0 Å². The van der Waals surface area contributed by atoms with Crippen LogP contribution in [-0.4, -0.2) is 41.5 Å². The fourth-order valence-electron chi connectivity index (χ4n) is 5.11. The quantitative estimate of drug-likeness (QED) is 0.498. The number of nitrogens with one attached hydrogen (secondary N) is 4. The molecule has 3 atom stereocenters. The van der Waals surface area contributed by atoms with E-state index in [1.807, 2.05) is 6.20 Å². The third kappa shape index (κ3) is 3.85. The standard InChI is InChI=1S/C26H30N6/c1-3-21(27-13-1)25-29-15-23(31-25)19-9-5-17(6-10-19)18-7-11-20(12-8-18)24-16-30-26(32-24)22-4-2-14-28-22/h5-12,15,21-22,24,27-28H,1-4,13-14,16H2,(H,29,31)(H,30,32)/t21-,22-,24?/m1/s1. The van der Waals surface area contributed by atoms with Crippen molar-refractivity contribution in [3.63, 3.8) is 0 Å². The lowest BCUT2D eigenvalue weighted by atomic mass is 9.99. The van der Waals surface area contributed by atoms with Crippen molar-refractivity contribution in [1.82, 2.24) is 25.9 Å². The normalized spacial score (nSPS) is 25.1. The number of hydrogen-bond acceptors (Lipinski definition) is 5. The molecule has 6 nitrogen and oxygen atoms in total. The molecule has 0 aliphatic carbocycles. The smallest absolute Gasteiger partial charge is 0.123 e. The van der Waals surface area contributed by atoms with Gasteiger partial charge in [-0.05, 0) is 61.0 Å². The largest absolute Gasteiger partial charge is 0.364 e. The van der Waals surface area contributed by atoms with Crippen molar-refractivity contribution in [1.29, 1.82) is 0 Å². The first kappa shape index (κ1) is 19.7. The van der Waals surface area contributed by atoms with Gasteiger partial charge in [0, 0.05) is 0 Å². The van der Waals surface area contributed by atoms with Gasteiger partial charge in [0.1, 0.15) is 11.7 Å². The van der Waals surface area contributed by atoms with E-state index < -0.39 is 0 Å². The van der Waals surface area contributed by atoms with Gasteiger partial charge in [-0.15, -0.1) is 0 Å². The molecule has 0 bridgehead atoms. The first-order valence-corrected chi connectivity index (χ1v) is 11.9. The highest BCUT2D eigenvalue weighted by Gasteiger charge is 2.27. The van der Waals surface area contributed by atoms with Crippen LogP contribution in [-0.2, 0) is 0 Å². The van der Waals surface area contributed by atoms with Crippen LogP contribution in [0.15, 0.2) is 59.7 Å². The zero-order chi connectivity index (χ0) is 21.3. The molecule has 3 aromatic rings. The van der Waals surface area contributed by atoms with Crippen LogP contribution in [0.3, 0.4) is 0 Å². The van der Waals surface area contributed by atoms with Crippen molar-refractivity contribution >= 4 is 5.84 Å². The van der Waals surface area contributed by atoms with E-state index in [4.69, 9.17) is 4.99 Å². The maximum atomic E-state index is 4.75. The minimum Gasteiger partial charge on any atom is -0.364 e. The van der Waals surface area contributed by atoms with Crippen LogP contribution in [0.1, 0.15) is 49.2 Å². The van der Waals surface area contributed by atoms with E-state index in [1.165, 1.54) is 41.5 Å². The molecule has 1 aromatic heterocycles. The molecule has 0 radical (unpaired) electrons. The molecule has 3 aliphatic heterocycles. The number of imidazole rings is 1. The third-order valence-electron chi connectivity index (χ3n) is 6.98. The highest BCUT2D eigenvalue weighted by Crippen LogP contribution is 2.28. The predicted molar refractivity (Wildman–Crippen MR) is 129 cm³/mol. The van der Waals surface area contributed by atoms with Gasteiger partial charge in [0.2, 0.25) is 0 Å². The summed E-state index contributed by atoms with van der Waals surface area (Å²) in [6.45, 7) is 3.00. The molecule has 2 saturated heterocycles. The van der Waals surface area contributed by atoms with E-state index in [-0.39, 0.29) is 6.04 Å². The van der Waals surface area contributed by atoms with Crippen LogP contribution in [0.5, 0.6) is 0 Å². The summed E-state index contributed by atoms with van der Waals surface area (Å²) < 4.78 is 0. The minimum absolute atomic E-state index is 0.285. The molecule has 6 heteroatoms. The second-order valence-corrected chi connectivity index (χ2v) is 9.10. The van der Waals surface area contributed by atoms with Gasteiger partial charge in [-0.1, -0.05) is 48.5 Å². The first-order valence-electron chi connectivity index (χ1n) is 11.9. The van der Waals surface area contributed by atoms with Gasteiger partial charge >= 0.3 is 0 Å². The maximum Gasteiger partial charge on any atom is 0.123 e. The number of rotatable bonds is 5. The van der Waals surface area contributed by atoms with Crippen molar-refractivity contribution in [2.24, 2.45) is 4.99 Å². The molecular weight excluding hydrogens is 396 g/mol.